The molecule has 6 heteroatoms. The molecule has 106 valence electrons. The molecular weight excluding hydrogens is 276 g/mol. The summed E-state index contributed by atoms with van der Waals surface area (Å²) in [5, 5.41) is 5.20. The molecule has 0 aliphatic carbocycles. The van der Waals surface area contributed by atoms with Crippen molar-refractivity contribution in [3.05, 3.63) is 35.3 Å². The van der Waals surface area contributed by atoms with Gasteiger partial charge in [-0.15, -0.1) is 11.3 Å². The lowest BCUT2D eigenvalue weighted by Gasteiger charge is -2.08. The van der Waals surface area contributed by atoms with Gasteiger partial charge in [-0.1, -0.05) is 0 Å². The number of ether oxygens (including phenoxy) is 2. The first kappa shape index (κ1) is 14.3. The van der Waals surface area contributed by atoms with Gasteiger partial charge in [0.1, 0.15) is 11.5 Å². The SMILES string of the molecule is COc1cc(CCC(=O)Nc2nccs2)cc(OC)c1. The van der Waals surface area contributed by atoms with E-state index in [1.54, 1.807) is 26.5 Å². The van der Waals surface area contributed by atoms with Crippen LogP contribution >= 0.6 is 11.3 Å². The number of carbonyl (C=O) groups is 1. The molecule has 0 aliphatic rings. The van der Waals surface area contributed by atoms with Gasteiger partial charge >= 0.3 is 0 Å². The lowest BCUT2D eigenvalue weighted by Crippen LogP contribution is -2.12. The second-order valence-corrected chi connectivity index (χ2v) is 5.00. The van der Waals surface area contributed by atoms with E-state index in [1.807, 2.05) is 17.5 Å². The Labute approximate surface area is 121 Å². The average Bonchev–Trinajstić information content (AvgIpc) is 2.97. The zero-order chi connectivity index (χ0) is 14.4. The number of carbonyl (C=O) groups excluding carboxylic acids is 1. The van der Waals surface area contributed by atoms with Crippen molar-refractivity contribution in [2.75, 3.05) is 19.5 Å². The highest BCUT2D eigenvalue weighted by Crippen LogP contribution is 2.23. The number of anilines is 1. The van der Waals surface area contributed by atoms with Gasteiger partial charge in [-0.25, -0.2) is 4.98 Å². The van der Waals surface area contributed by atoms with Crippen LogP contribution in [-0.2, 0) is 11.2 Å². The number of methoxy groups -OCH3 is 2. The van der Waals surface area contributed by atoms with Gasteiger partial charge in [-0.2, -0.15) is 0 Å². The van der Waals surface area contributed by atoms with Gasteiger partial charge in [0.05, 0.1) is 14.2 Å². The maximum Gasteiger partial charge on any atom is 0.226 e. The molecule has 0 saturated carbocycles. The number of nitrogens with one attached hydrogen (secondary N) is 1. The number of nitrogens with zero attached hydrogens (tertiary/aromatic N) is 1. The molecule has 1 heterocycles. The molecule has 0 unspecified atom stereocenters. The molecule has 0 radical (unpaired) electrons. The van der Waals surface area contributed by atoms with Crippen molar-refractivity contribution in [2.24, 2.45) is 0 Å². The molecule has 1 aromatic carbocycles. The number of rotatable bonds is 6. The summed E-state index contributed by atoms with van der Waals surface area (Å²) in [4.78, 5) is 15.8. The molecule has 0 saturated heterocycles. The van der Waals surface area contributed by atoms with Gasteiger partial charge in [0, 0.05) is 24.1 Å². The summed E-state index contributed by atoms with van der Waals surface area (Å²) in [5.74, 6) is 1.39. The zero-order valence-corrected chi connectivity index (χ0v) is 12.2. The summed E-state index contributed by atoms with van der Waals surface area (Å²) in [5.41, 5.74) is 0.996. The Morgan fingerprint density at radius 3 is 2.50 bits per heavy atom. The molecule has 1 aromatic heterocycles. The van der Waals surface area contributed by atoms with E-state index in [9.17, 15) is 4.79 Å². The topological polar surface area (TPSA) is 60.5 Å². The fourth-order valence-corrected chi connectivity index (χ4v) is 2.28. The van der Waals surface area contributed by atoms with Crippen LogP contribution in [0, 0.1) is 0 Å². The van der Waals surface area contributed by atoms with E-state index in [0.717, 1.165) is 17.1 Å². The van der Waals surface area contributed by atoms with Crippen molar-refractivity contribution in [3.63, 3.8) is 0 Å². The van der Waals surface area contributed by atoms with Crippen LogP contribution in [0.25, 0.3) is 0 Å². The smallest absolute Gasteiger partial charge is 0.226 e. The zero-order valence-electron chi connectivity index (χ0n) is 11.4. The Kier molecular flexibility index (Phi) is 4.95. The highest BCUT2D eigenvalue weighted by molar-refractivity contribution is 7.13. The molecule has 20 heavy (non-hydrogen) atoms. The van der Waals surface area contributed by atoms with E-state index in [0.29, 0.717) is 18.0 Å². The third-order valence-corrected chi connectivity index (χ3v) is 3.42. The maximum atomic E-state index is 11.8. The summed E-state index contributed by atoms with van der Waals surface area (Å²) in [6.07, 6.45) is 2.66. The molecule has 0 spiro atoms. The summed E-state index contributed by atoms with van der Waals surface area (Å²) in [6.45, 7) is 0. The normalized spacial score (nSPS) is 10.1. The Bertz CT molecular complexity index is 548. The number of benzene rings is 1. The molecule has 1 N–H and O–H groups in total. The van der Waals surface area contributed by atoms with Crippen LogP contribution in [0.2, 0.25) is 0 Å². The molecule has 5 nitrogen and oxygen atoms in total. The highest BCUT2D eigenvalue weighted by atomic mass is 32.1. The van der Waals surface area contributed by atoms with Gasteiger partial charge in [0.2, 0.25) is 5.91 Å². The van der Waals surface area contributed by atoms with Crippen molar-refractivity contribution in [1.82, 2.24) is 4.98 Å². The quantitative estimate of drug-likeness (QED) is 0.889. The van der Waals surface area contributed by atoms with Crippen LogP contribution in [0.15, 0.2) is 29.8 Å². The fourth-order valence-electron chi connectivity index (χ4n) is 1.74. The third-order valence-electron chi connectivity index (χ3n) is 2.73. The first-order chi connectivity index (χ1) is 9.71. The van der Waals surface area contributed by atoms with Crippen molar-refractivity contribution >= 4 is 22.4 Å². The van der Waals surface area contributed by atoms with Gasteiger partial charge in [0.15, 0.2) is 5.13 Å². The van der Waals surface area contributed by atoms with Crippen LogP contribution in [0.4, 0.5) is 5.13 Å². The van der Waals surface area contributed by atoms with E-state index < -0.39 is 0 Å². The molecule has 2 aromatic rings. The van der Waals surface area contributed by atoms with Gasteiger partial charge in [0.25, 0.3) is 0 Å². The van der Waals surface area contributed by atoms with Crippen molar-refractivity contribution < 1.29 is 14.3 Å². The summed E-state index contributed by atoms with van der Waals surface area (Å²) in [7, 11) is 3.21. The molecule has 2 rings (SSSR count). The van der Waals surface area contributed by atoms with Gasteiger partial charge < -0.3 is 14.8 Å². The molecule has 0 bridgehead atoms. The number of aryl methyl sites for hydroxylation is 1. The van der Waals surface area contributed by atoms with Crippen LogP contribution < -0.4 is 14.8 Å². The summed E-state index contributed by atoms with van der Waals surface area (Å²) < 4.78 is 10.4. The van der Waals surface area contributed by atoms with Crippen LogP contribution in [0.1, 0.15) is 12.0 Å². The van der Waals surface area contributed by atoms with Gasteiger partial charge in [-0.3, -0.25) is 4.79 Å². The van der Waals surface area contributed by atoms with E-state index in [4.69, 9.17) is 9.47 Å². The molecule has 0 fully saturated rings. The standard InChI is InChI=1S/C14H16N2O3S/c1-18-11-7-10(8-12(9-11)19-2)3-4-13(17)16-14-15-5-6-20-14/h5-9H,3-4H2,1-2H3,(H,15,16,17). The minimum absolute atomic E-state index is 0.0539. The Balaban J connectivity index is 1.94. The Hall–Kier alpha value is -2.08. The first-order valence-corrected chi connectivity index (χ1v) is 7.00. The van der Waals surface area contributed by atoms with Crippen molar-refractivity contribution in [3.8, 4) is 11.5 Å². The van der Waals surface area contributed by atoms with E-state index in [1.165, 1.54) is 11.3 Å². The molecule has 0 atom stereocenters. The summed E-state index contributed by atoms with van der Waals surface area (Å²) in [6, 6.07) is 5.61. The maximum absolute atomic E-state index is 11.8. The number of hydrogen-bond acceptors (Lipinski definition) is 5. The second kappa shape index (κ2) is 6.91. The minimum atomic E-state index is -0.0539. The predicted molar refractivity (Wildman–Crippen MR) is 78.6 cm³/mol. The van der Waals surface area contributed by atoms with Crippen LogP contribution in [0.3, 0.4) is 0 Å². The second-order valence-electron chi connectivity index (χ2n) is 4.11. The van der Waals surface area contributed by atoms with Crippen LogP contribution in [-0.4, -0.2) is 25.1 Å². The van der Waals surface area contributed by atoms with Crippen molar-refractivity contribution in [1.29, 1.82) is 0 Å². The number of hydrogen-bond donors (Lipinski definition) is 1. The number of thiazole rings is 1. The molecular formula is C14H16N2O3S. The lowest BCUT2D eigenvalue weighted by molar-refractivity contribution is -0.116. The number of amides is 1. The fraction of sp³-hybridized carbons (Fsp3) is 0.286. The highest BCUT2D eigenvalue weighted by Gasteiger charge is 2.07. The van der Waals surface area contributed by atoms with E-state index >= 15 is 0 Å². The molecule has 1 amide bonds. The van der Waals surface area contributed by atoms with E-state index in [-0.39, 0.29) is 5.91 Å². The lowest BCUT2D eigenvalue weighted by atomic mass is 10.1. The average molecular weight is 292 g/mol. The monoisotopic (exact) mass is 292 g/mol. The molecule has 0 aliphatic heterocycles. The minimum Gasteiger partial charge on any atom is -0.497 e. The Morgan fingerprint density at radius 2 is 1.95 bits per heavy atom. The van der Waals surface area contributed by atoms with E-state index in [2.05, 4.69) is 10.3 Å². The summed E-state index contributed by atoms with van der Waals surface area (Å²) >= 11 is 1.40. The third kappa shape index (κ3) is 3.96. The first-order valence-electron chi connectivity index (χ1n) is 6.12. The Morgan fingerprint density at radius 1 is 1.25 bits per heavy atom. The largest absolute Gasteiger partial charge is 0.497 e. The van der Waals surface area contributed by atoms with Crippen LogP contribution in [0.5, 0.6) is 11.5 Å². The van der Waals surface area contributed by atoms with Gasteiger partial charge in [-0.05, 0) is 24.1 Å². The van der Waals surface area contributed by atoms with Crippen molar-refractivity contribution in [2.45, 2.75) is 12.8 Å². The predicted octanol–water partition coefficient (Wildman–Crippen LogP) is 2.73. The number of aromatic nitrogens is 1.